The number of nitrogens with one attached hydrogen (secondary N) is 2. The minimum absolute atomic E-state index is 0.0334. The third-order valence-corrected chi connectivity index (χ3v) is 6.75. The van der Waals surface area contributed by atoms with Crippen molar-refractivity contribution in [3.8, 4) is 22.8 Å². The minimum atomic E-state index is -0.353. The van der Waals surface area contributed by atoms with Crippen LogP contribution in [0.25, 0.3) is 11.1 Å². The van der Waals surface area contributed by atoms with Gasteiger partial charge >= 0.3 is 0 Å². The van der Waals surface area contributed by atoms with Gasteiger partial charge in [0.25, 0.3) is 0 Å². The van der Waals surface area contributed by atoms with Crippen LogP contribution >= 0.6 is 0 Å². The molecule has 1 amide bonds. The zero-order valence-electron chi connectivity index (χ0n) is 19.9. The van der Waals surface area contributed by atoms with E-state index in [4.69, 9.17) is 9.47 Å². The molecule has 6 rings (SSSR count). The van der Waals surface area contributed by atoms with Gasteiger partial charge < -0.3 is 20.1 Å². The summed E-state index contributed by atoms with van der Waals surface area (Å²) < 4.78 is 13.9. The normalized spacial score (nSPS) is 19.0. The molecule has 3 atom stereocenters. The molecule has 0 saturated heterocycles. The quantitative estimate of drug-likeness (QED) is 0.447. The van der Waals surface area contributed by atoms with Crippen LogP contribution in [0, 0.1) is 0 Å². The maximum atomic E-state index is 13.6. The lowest BCUT2D eigenvalue weighted by molar-refractivity contribution is -0.124. The molecule has 2 aromatic carbocycles. The molecule has 8 heteroatoms. The first-order valence-corrected chi connectivity index (χ1v) is 12.1. The van der Waals surface area contributed by atoms with Crippen molar-refractivity contribution in [1.29, 1.82) is 0 Å². The molecular formula is C28H27N5O3. The number of ether oxygens (including phenoxy) is 2. The largest absolute Gasteiger partial charge is 0.493 e. The molecule has 0 fully saturated rings. The van der Waals surface area contributed by atoms with Gasteiger partial charge in [-0.1, -0.05) is 48.5 Å². The lowest BCUT2D eigenvalue weighted by atomic mass is 9.91. The molecule has 8 nitrogen and oxygen atoms in total. The summed E-state index contributed by atoms with van der Waals surface area (Å²) in [6.07, 6.45) is 5.84. The zero-order chi connectivity index (χ0) is 24.5. The van der Waals surface area contributed by atoms with Crippen molar-refractivity contribution in [3.05, 3.63) is 90.4 Å². The first-order chi connectivity index (χ1) is 17.7. The topological polar surface area (TPSA) is 90.3 Å². The van der Waals surface area contributed by atoms with Gasteiger partial charge in [0.1, 0.15) is 11.9 Å². The molecule has 0 spiro atoms. The molecule has 36 heavy (non-hydrogen) atoms. The number of amides is 1. The Labute approximate surface area is 209 Å². The Kier molecular flexibility index (Phi) is 5.77. The number of anilines is 1. The summed E-state index contributed by atoms with van der Waals surface area (Å²) in [6, 6.07) is 19.4. The number of aryl methyl sites for hydroxylation is 1. The summed E-state index contributed by atoms with van der Waals surface area (Å²) in [6.45, 7) is 1.04. The number of carbonyl (C=O) groups excluding carboxylic acids is 1. The molecule has 182 valence electrons. The Morgan fingerprint density at radius 3 is 2.78 bits per heavy atom. The number of carbonyl (C=O) groups is 1. The molecular weight excluding hydrogens is 454 g/mol. The van der Waals surface area contributed by atoms with E-state index in [1.165, 1.54) is 0 Å². The van der Waals surface area contributed by atoms with E-state index in [-0.39, 0.29) is 24.0 Å². The Balaban J connectivity index is 1.26. The van der Waals surface area contributed by atoms with Crippen molar-refractivity contribution in [1.82, 2.24) is 20.1 Å². The van der Waals surface area contributed by atoms with Crippen molar-refractivity contribution >= 4 is 11.6 Å². The maximum absolute atomic E-state index is 13.6. The van der Waals surface area contributed by atoms with Crippen molar-refractivity contribution in [2.24, 2.45) is 7.05 Å². The first-order valence-electron chi connectivity index (χ1n) is 12.1. The van der Waals surface area contributed by atoms with Gasteiger partial charge in [0.15, 0.2) is 0 Å². The zero-order valence-corrected chi connectivity index (χ0v) is 19.9. The van der Waals surface area contributed by atoms with E-state index in [9.17, 15) is 4.79 Å². The van der Waals surface area contributed by atoms with E-state index in [0.717, 1.165) is 33.7 Å². The third-order valence-electron chi connectivity index (χ3n) is 6.75. The highest BCUT2D eigenvalue weighted by atomic mass is 16.5. The van der Waals surface area contributed by atoms with Gasteiger partial charge in [0.2, 0.25) is 11.8 Å². The van der Waals surface area contributed by atoms with Crippen LogP contribution in [-0.4, -0.2) is 39.9 Å². The highest BCUT2D eigenvalue weighted by Gasteiger charge is 2.34. The Hall–Kier alpha value is -4.33. The third kappa shape index (κ3) is 4.26. The summed E-state index contributed by atoms with van der Waals surface area (Å²) in [4.78, 5) is 18.1. The fourth-order valence-electron chi connectivity index (χ4n) is 4.90. The molecule has 4 aromatic rings. The number of hydrogen-bond acceptors (Lipinski definition) is 6. The lowest BCUT2D eigenvalue weighted by Gasteiger charge is -2.34. The van der Waals surface area contributed by atoms with E-state index in [0.29, 0.717) is 25.5 Å². The predicted molar refractivity (Wildman–Crippen MR) is 136 cm³/mol. The standard InChI is InChI=1S/C28H27N5O3/c1-33-17-20(15-31-33)19-13-23-28(30-14-19)36-25(16-29-23)26(18-7-3-2-4-8-18)32-27(34)22-11-12-35-24-10-6-5-9-21(22)24/h2-10,13-15,17,22,25-26,29H,11-12,16H2,1H3,(H,32,34)/t22-,25+,26-/m1/s1. The first kappa shape index (κ1) is 22.2. The smallest absolute Gasteiger partial charge is 0.237 e. The summed E-state index contributed by atoms with van der Waals surface area (Å²) in [5.74, 6) is 0.989. The van der Waals surface area contributed by atoms with Crippen LogP contribution in [-0.2, 0) is 11.8 Å². The molecule has 0 unspecified atom stereocenters. The van der Waals surface area contributed by atoms with Crippen molar-refractivity contribution in [3.63, 3.8) is 0 Å². The van der Waals surface area contributed by atoms with Crippen LogP contribution in [0.4, 0.5) is 5.69 Å². The predicted octanol–water partition coefficient (Wildman–Crippen LogP) is 4.08. The van der Waals surface area contributed by atoms with E-state index in [2.05, 4.69) is 20.7 Å². The molecule has 0 radical (unpaired) electrons. The highest BCUT2D eigenvalue weighted by Crippen LogP contribution is 2.36. The van der Waals surface area contributed by atoms with Crippen molar-refractivity contribution in [2.45, 2.75) is 24.5 Å². The summed E-state index contributed by atoms with van der Waals surface area (Å²) in [5, 5.41) is 11.0. The molecule has 2 aliphatic heterocycles. The minimum Gasteiger partial charge on any atom is -0.493 e. The molecule has 0 bridgehead atoms. The van der Waals surface area contributed by atoms with Gasteiger partial charge in [-0.3, -0.25) is 9.48 Å². The van der Waals surface area contributed by atoms with Gasteiger partial charge in [-0.25, -0.2) is 4.98 Å². The average Bonchev–Trinajstić information content (AvgIpc) is 3.37. The molecule has 0 aliphatic carbocycles. The maximum Gasteiger partial charge on any atom is 0.237 e. The van der Waals surface area contributed by atoms with Crippen molar-refractivity contribution < 1.29 is 14.3 Å². The van der Waals surface area contributed by atoms with E-state index in [1.54, 1.807) is 10.9 Å². The Morgan fingerprint density at radius 2 is 1.94 bits per heavy atom. The van der Waals surface area contributed by atoms with Gasteiger partial charge in [-0.2, -0.15) is 5.10 Å². The molecule has 2 N–H and O–H groups in total. The van der Waals surface area contributed by atoms with Gasteiger partial charge in [0.05, 0.1) is 37.0 Å². The number of nitrogens with zero attached hydrogens (tertiary/aromatic N) is 3. The molecule has 2 aromatic heterocycles. The van der Waals surface area contributed by atoms with E-state index in [1.807, 2.05) is 80.1 Å². The second-order valence-corrected chi connectivity index (χ2v) is 9.14. The summed E-state index contributed by atoms with van der Waals surface area (Å²) >= 11 is 0. The van der Waals surface area contributed by atoms with Crippen LogP contribution in [0.5, 0.6) is 11.6 Å². The number of benzene rings is 2. The van der Waals surface area contributed by atoms with Crippen LogP contribution in [0.3, 0.4) is 0 Å². The Bertz CT molecular complexity index is 1390. The second-order valence-electron chi connectivity index (χ2n) is 9.14. The van der Waals surface area contributed by atoms with Crippen molar-refractivity contribution in [2.75, 3.05) is 18.5 Å². The van der Waals surface area contributed by atoms with Crippen LogP contribution in [0.2, 0.25) is 0 Å². The number of hydrogen-bond donors (Lipinski definition) is 2. The molecule has 2 aliphatic rings. The fraction of sp³-hybridized carbons (Fsp3) is 0.250. The van der Waals surface area contributed by atoms with E-state index < -0.39 is 0 Å². The molecule has 0 saturated carbocycles. The van der Waals surface area contributed by atoms with Crippen LogP contribution < -0.4 is 20.1 Å². The average molecular weight is 482 g/mol. The number of rotatable bonds is 5. The Morgan fingerprint density at radius 1 is 1.11 bits per heavy atom. The summed E-state index contributed by atoms with van der Waals surface area (Å²) in [7, 11) is 1.89. The van der Waals surface area contributed by atoms with Gasteiger partial charge in [-0.05, 0) is 24.1 Å². The fourth-order valence-corrected chi connectivity index (χ4v) is 4.90. The number of fused-ring (bicyclic) bond motifs is 2. The highest BCUT2D eigenvalue weighted by molar-refractivity contribution is 5.85. The number of pyridine rings is 1. The lowest BCUT2D eigenvalue weighted by Crippen LogP contribution is -2.46. The number of aromatic nitrogens is 3. The van der Waals surface area contributed by atoms with E-state index >= 15 is 0 Å². The van der Waals surface area contributed by atoms with Crippen LogP contribution in [0.15, 0.2) is 79.3 Å². The summed E-state index contributed by atoms with van der Waals surface area (Å²) in [5.41, 5.74) is 4.67. The van der Waals surface area contributed by atoms with Gasteiger partial charge in [-0.15, -0.1) is 0 Å². The SMILES string of the molecule is Cn1cc(-c2cnc3c(c2)NC[C@@H]([C@H](NC(=O)[C@@H]2CCOc4ccccc42)c2ccccc2)O3)cn1. The van der Waals surface area contributed by atoms with Gasteiger partial charge in [0, 0.05) is 36.1 Å². The monoisotopic (exact) mass is 481 g/mol. The second kappa shape index (κ2) is 9.37. The number of para-hydroxylation sites is 1. The van der Waals surface area contributed by atoms with Crippen LogP contribution in [0.1, 0.15) is 29.5 Å². The molecule has 4 heterocycles.